The second-order valence-corrected chi connectivity index (χ2v) is 7.76. The smallest absolute Gasteiger partial charge is 0.273 e. The van der Waals surface area contributed by atoms with Crippen molar-refractivity contribution in [1.29, 1.82) is 0 Å². The topological polar surface area (TPSA) is 84.7 Å². The summed E-state index contributed by atoms with van der Waals surface area (Å²) in [5.41, 5.74) is 1.27. The van der Waals surface area contributed by atoms with E-state index in [-0.39, 0.29) is 36.0 Å². The number of hydrogen-bond donors (Lipinski definition) is 1. The van der Waals surface area contributed by atoms with Gasteiger partial charge in [-0.2, -0.15) is 0 Å². The summed E-state index contributed by atoms with van der Waals surface area (Å²) in [5.74, 6) is -0.138. The molecule has 3 unspecified atom stereocenters. The van der Waals surface area contributed by atoms with Crippen molar-refractivity contribution >= 4 is 17.5 Å². The third kappa shape index (κ3) is 2.94. The van der Waals surface area contributed by atoms with Crippen molar-refractivity contribution in [2.24, 2.45) is 11.8 Å². The molecular formula is C23H21N3O4. The molecule has 0 spiro atoms. The van der Waals surface area contributed by atoms with Crippen LogP contribution in [0.1, 0.15) is 22.5 Å². The molecule has 7 nitrogen and oxygen atoms in total. The molecule has 152 valence electrons. The van der Waals surface area contributed by atoms with Crippen LogP contribution in [0.2, 0.25) is 0 Å². The molecule has 0 radical (unpaired) electrons. The van der Waals surface area contributed by atoms with Crippen LogP contribution < -0.4 is 15.0 Å². The number of rotatable bonds is 4. The number of nitrogens with zero attached hydrogens (tertiary/aromatic N) is 2. The van der Waals surface area contributed by atoms with E-state index in [0.717, 1.165) is 11.3 Å². The highest BCUT2D eigenvalue weighted by Gasteiger charge is 2.62. The SMILES string of the molecule is CN1C(=O)C(C2CC2(NC(=O)c2cocn2)c2ccccc2)COc2ccccc21. The number of nitrogens with one attached hydrogen (secondary N) is 1. The van der Waals surface area contributed by atoms with Crippen LogP contribution in [0.4, 0.5) is 5.69 Å². The van der Waals surface area contributed by atoms with E-state index in [0.29, 0.717) is 12.2 Å². The van der Waals surface area contributed by atoms with Gasteiger partial charge in [0.1, 0.15) is 18.6 Å². The second-order valence-electron chi connectivity index (χ2n) is 7.76. The highest BCUT2D eigenvalue weighted by molar-refractivity contribution is 5.98. The number of fused-ring (bicyclic) bond motifs is 1. The molecule has 1 aliphatic carbocycles. The van der Waals surface area contributed by atoms with Gasteiger partial charge in [-0.15, -0.1) is 0 Å². The summed E-state index contributed by atoms with van der Waals surface area (Å²) in [7, 11) is 1.77. The van der Waals surface area contributed by atoms with Gasteiger partial charge in [0.15, 0.2) is 12.1 Å². The third-order valence-corrected chi connectivity index (χ3v) is 6.08. The number of hydrogen-bond acceptors (Lipinski definition) is 5. The zero-order chi connectivity index (χ0) is 20.7. The maximum atomic E-state index is 13.3. The molecule has 1 saturated carbocycles. The minimum Gasteiger partial charge on any atom is -0.491 e. The standard InChI is InChI=1S/C23H21N3O4/c1-26-19-9-5-6-10-20(19)30-12-16(22(26)28)17-11-23(17,15-7-3-2-4-8-15)25-21(27)18-13-29-14-24-18/h2-10,13-14,16-17H,11-12H2,1H3,(H,25,27). The Kier molecular flexibility index (Phi) is 4.31. The van der Waals surface area contributed by atoms with E-state index >= 15 is 0 Å². The van der Waals surface area contributed by atoms with Crippen LogP contribution in [0.3, 0.4) is 0 Å². The lowest BCUT2D eigenvalue weighted by Crippen LogP contribution is -2.42. The monoisotopic (exact) mass is 403 g/mol. The molecule has 2 heterocycles. The lowest BCUT2D eigenvalue weighted by molar-refractivity contribution is -0.123. The first-order valence-corrected chi connectivity index (χ1v) is 9.86. The summed E-state index contributed by atoms with van der Waals surface area (Å²) in [4.78, 5) is 31.7. The number of carbonyl (C=O) groups excluding carboxylic acids is 2. The Labute approximate surface area is 173 Å². The fraction of sp³-hybridized carbons (Fsp3) is 0.261. The molecule has 7 heteroatoms. The first-order valence-electron chi connectivity index (χ1n) is 9.86. The number of aromatic nitrogens is 1. The van der Waals surface area contributed by atoms with Gasteiger partial charge in [-0.05, 0) is 24.1 Å². The molecular weight excluding hydrogens is 382 g/mol. The molecule has 5 rings (SSSR count). The van der Waals surface area contributed by atoms with Gasteiger partial charge in [0.2, 0.25) is 5.91 Å². The Bertz CT molecular complexity index is 1080. The molecule has 30 heavy (non-hydrogen) atoms. The fourth-order valence-corrected chi connectivity index (χ4v) is 4.41. The molecule has 2 aliphatic rings. The molecule has 1 aromatic heterocycles. The van der Waals surface area contributed by atoms with E-state index in [1.165, 1.54) is 12.7 Å². The van der Waals surface area contributed by atoms with Gasteiger partial charge in [-0.25, -0.2) is 4.98 Å². The molecule has 0 bridgehead atoms. The normalized spacial score (nSPS) is 25.1. The van der Waals surface area contributed by atoms with Crippen LogP contribution >= 0.6 is 0 Å². The van der Waals surface area contributed by atoms with E-state index in [9.17, 15) is 9.59 Å². The Morgan fingerprint density at radius 1 is 1.17 bits per heavy atom. The minimum atomic E-state index is -0.654. The summed E-state index contributed by atoms with van der Waals surface area (Å²) in [5, 5.41) is 3.12. The summed E-state index contributed by atoms with van der Waals surface area (Å²) >= 11 is 0. The van der Waals surface area contributed by atoms with Crippen LogP contribution in [0, 0.1) is 11.8 Å². The Hall–Kier alpha value is -3.61. The van der Waals surface area contributed by atoms with Gasteiger partial charge in [-0.1, -0.05) is 42.5 Å². The number of para-hydroxylation sites is 2. The minimum absolute atomic E-state index is 0.0153. The van der Waals surface area contributed by atoms with Crippen molar-refractivity contribution in [3.8, 4) is 5.75 Å². The summed E-state index contributed by atoms with van der Waals surface area (Å²) in [6, 6.07) is 17.3. The molecule has 2 amide bonds. The lowest BCUT2D eigenvalue weighted by atomic mass is 9.94. The van der Waals surface area contributed by atoms with Crippen LogP contribution in [-0.4, -0.2) is 30.5 Å². The lowest BCUT2D eigenvalue weighted by Gasteiger charge is -2.24. The van der Waals surface area contributed by atoms with Crippen LogP contribution in [-0.2, 0) is 10.3 Å². The number of anilines is 1. The zero-order valence-electron chi connectivity index (χ0n) is 16.4. The maximum Gasteiger partial charge on any atom is 0.273 e. The quantitative estimate of drug-likeness (QED) is 0.724. The summed E-state index contributed by atoms with van der Waals surface area (Å²) in [6.07, 6.45) is 3.18. The Balaban J connectivity index is 1.47. The van der Waals surface area contributed by atoms with Crippen molar-refractivity contribution in [3.63, 3.8) is 0 Å². The number of ether oxygens (including phenoxy) is 1. The first kappa shape index (κ1) is 18.4. The van der Waals surface area contributed by atoms with E-state index in [2.05, 4.69) is 10.3 Å². The Morgan fingerprint density at radius 2 is 1.93 bits per heavy atom. The predicted octanol–water partition coefficient (Wildman–Crippen LogP) is 2.99. The molecule has 1 aliphatic heterocycles. The third-order valence-electron chi connectivity index (χ3n) is 6.08. The van der Waals surface area contributed by atoms with Crippen molar-refractivity contribution in [2.75, 3.05) is 18.6 Å². The zero-order valence-corrected chi connectivity index (χ0v) is 16.4. The number of amides is 2. The number of oxazole rings is 1. The van der Waals surface area contributed by atoms with Gasteiger partial charge >= 0.3 is 0 Å². The number of benzene rings is 2. The maximum absolute atomic E-state index is 13.3. The molecule has 0 saturated heterocycles. The predicted molar refractivity (Wildman–Crippen MR) is 109 cm³/mol. The highest BCUT2D eigenvalue weighted by atomic mass is 16.5. The van der Waals surface area contributed by atoms with Crippen molar-refractivity contribution in [1.82, 2.24) is 10.3 Å². The second kappa shape index (κ2) is 7.02. The van der Waals surface area contributed by atoms with E-state index < -0.39 is 5.54 Å². The average Bonchev–Trinajstić information content (AvgIpc) is 3.25. The van der Waals surface area contributed by atoms with Gasteiger partial charge in [-0.3, -0.25) is 9.59 Å². The summed E-state index contributed by atoms with van der Waals surface area (Å²) < 4.78 is 11.0. The van der Waals surface area contributed by atoms with E-state index in [4.69, 9.17) is 9.15 Å². The molecule has 1 fully saturated rings. The molecule has 3 atom stereocenters. The van der Waals surface area contributed by atoms with Crippen molar-refractivity contribution < 1.29 is 18.7 Å². The van der Waals surface area contributed by atoms with Crippen LogP contribution in [0.15, 0.2) is 71.7 Å². The molecule has 3 aromatic rings. The van der Waals surface area contributed by atoms with E-state index in [1.807, 2.05) is 54.6 Å². The van der Waals surface area contributed by atoms with Crippen LogP contribution in [0.25, 0.3) is 0 Å². The first-order chi connectivity index (χ1) is 14.6. The average molecular weight is 403 g/mol. The largest absolute Gasteiger partial charge is 0.491 e. The summed E-state index contributed by atoms with van der Waals surface area (Å²) in [6.45, 7) is 0.263. The number of carbonyl (C=O) groups is 2. The van der Waals surface area contributed by atoms with Gasteiger partial charge in [0.25, 0.3) is 5.91 Å². The van der Waals surface area contributed by atoms with E-state index in [1.54, 1.807) is 11.9 Å². The molecule has 2 aromatic carbocycles. The van der Waals surface area contributed by atoms with Crippen LogP contribution in [0.5, 0.6) is 5.75 Å². The van der Waals surface area contributed by atoms with Crippen molar-refractivity contribution in [3.05, 3.63) is 78.5 Å². The highest BCUT2D eigenvalue weighted by Crippen LogP contribution is 2.57. The van der Waals surface area contributed by atoms with Gasteiger partial charge in [0, 0.05) is 13.0 Å². The van der Waals surface area contributed by atoms with Gasteiger partial charge < -0.3 is 19.4 Å². The molecule has 1 N–H and O–H groups in total. The van der Waals surface area contributed by atoms with Gasteiger partial charge in [0.05, 0.1) is 17.1 Å². The Morgan fingerprint density at radius 3 is 2.70 bits per heavy atom. The van der Waals surface area contributed by atoms with Crippen molar-refractivity contribution in [2.45, 2.75) is 12.0 Å². The fourth-order valence-electron chi connectivity index (χ4n) is 4.41.